The van der Waals surface area contributed by atoms with E-state index in [0.717, 1.165) is 29.2 Å². The Labute approximate surface area is 167 Å². The Morgan fingerprint density at radius 3 is 2.30 bits per heavy atom. The van der Waals surface area contributed by atoms with Crippen molar-refractivity contribution in [3.05, 3.63) is 65.7 Å². The molecule has 136 valence electrons. The van der Waals surface area contributed by atoms with Gasteiger partial charge in [0.2, 0.25) is 0 Å². The van der Waals surface area contributed by atoms with Crippen molar-refractivity contribution in [2.24, 2.45) is 0 Å². The van der Waals surface area contributed by atoms with Gasteiger partial charge >= 0.3 is 0 Å². The first kappa shape index (κ1) is 12.0. The van der Waals surface area contributed by atoms with E-state index in [2.05, 4.69) is 44.8 Å². The summed E-state index contributed by atoms with van der Waals surface area (Å²) in [5.74, 6) is 0. The second-order valence-corrected chi connectivity index (χ2v) is 8.80. The Kier molecular flexibility index (Phi) is 2.42. The average Bonchev–Trinajstić information content (AvgIpc) is 3.12. The minimum absolute atomic E-state index is 0.0337. The lowest BCUT2D eigenvalue weighted by Gasteiger charge is -2.41. The van der Waals surface area contributed by atoms with Crippen molar-refractivity contribution in [3.63, 3.8) is 0 Å². The molecule has 2 aromatic carbocycles. The van der Waals surface area contributed by atoms with E-state index in [-0.39, 0.29) is 46.3 Å². The lowest BCUT2D eigenvalue weighted by atomic mass is 9.63. The molecule has 0 spiro atoms. The molecule has 1 aliphatic rings. The van der Waals surface area contributed by atoms with E-state index in [1.54, 1.807) is 6.20 Å². The molecule has 2 heterocycles. The molecule has 0 N–H and O–H groups in total. The molecule has 0 atom stereocenters. The highest BCUT2D eigenvalue weighted by atomic mass is 16.3. The molecule has 5 rings (SSSR count). The number of hydrogen-bond acceptors (Lipinski definition) is 2. The van der Waals surface area contributed by atoms with Gasteiger partial charge in [0.25, 0.3) is 0 Å². The van der Waals surface area contributed by atoms with Gasteiger partial charge in [0, 0.05) is 22.5 Å². The van der Waals surface area contributed by atoms with E-state index in [9.17, 15) is 0 Å². The molecule has 0 aliphatic heterocycles. The van der Waals surface area contributed by atoms with E-state index in [1.807, 2.05) is 6.07 Å². The van der Waals surface area contributed by atoms with Crippen LogP contribution in [0.4, 0.5) is 0 Å². The number of pyridine rings is 1. The Bertz CT molecular complexity index is 1410. The third-order valence-electron chi connectivity index (χ3n) is 6.10. The van der Waals surface area contributed by atoms with Crippen LogP contribution in [-0.2, 0) is 10.8 Å². The minimum atomic E-state index is -0.419. The normalized spacial score (nSPS) is 20.5. The summed E-state index contributed by atoms with van der Waals surface area (Å²) in [5.41, 5.74) is 4.17. The van der Waals surface area contributed by atoms with Crippen molar-refractivity contribution in [2.45, 2.75) is 51.4 Å². The van der Waals surface area contributed by atoms with Gasteiger partial charge in [0.05, 0.1) is 6.85 Å². The minimum Gasteiger partial charge on any atom is -0.454 e. The lowest BCUT2D eigenvalue weighted by molar-refractivity contribution is 0.332. The molecule has 2 heteroatoms. The highest BCUT2D eigenvalue weighted by Crippen LogP contribution is 2.48. The van der Waals surface area contributed by atoms with Crippen LogP contribution in [0.25, 0.3) is 33.2 Å². The summed E-state index contributed by atoms with van der Waals surface area (Å²) < 4.78 is 47.0. The number of fused-ring (bicyclic) bond motifs is 4. The van der Waals surface area contributed by atoms with Gasteiger partial charge in [-0.25, -0.2) is 0 Å². The Hall–Kier alpha value is -2.61. The van der Waals surface area contributed by atoms with Gasteiger partial charge in [-0.05, 0) is 53.0 Å². The fourth-order valence-corrected chi connectivity index (χ4v) is 4.31. The maximum Gasteiger partial charge on any atom is 0.161 e. The van der Waals surface area contributed by atoms with Crippen LogP contribution in [0.1, 0.15) is 58.5 Å². The van der Waals surface area contributed by atoms with E-state index >= 15 is 0 Å². The molecular weight excluding hydrogens is 330 g/mol. The zero-order valence-electron chi connectivity index (χ0n) is 21.1. The van der Waals surface area contributed by atoms with Gasteiger partial charge in [0.15, 0.2) is 5.58 Å². The Morgan fingerprint density at radius 1 is 0.926 bits per heavy atom. The highest BCUT2D eigenvalue weighted by Gasteiger charge is 2.37. The van der Waals surface area contributed by atoms with Crippen LogP contribution in [0.3, 0.4) is 0 Å². The number of nitrogens with zero attached hydrogens (tertiary/aromatic N) is 1. The largest absolute Gasteiger partial charge is 0.454 e. The molecule has 0 saturated carbocycles. The molecule has 0 radical (unpaired) electrons. The number of hydrogen-bond donors (Lipinski definition) is 0. The molecule has 1 aliphatic carbocycles. The maximum atomic E-state index is 8.37. The summed E-state index contributed by atoms with van der Waals surface area (Å²) in [6.07, 6.45) is 3.80. The van der Waals surface area contributed by atoms with Crippen molar-refractivity contribution < 1.29 is 11.3 Å². The van der Waals surface area contributed by atoms with Crippen molar-refractivity contribution in [1.29, 1.82) is 0 Å². The van der Waals surface area contributed by atoms with E-state index in [0.29, 0.717) is 5.58 Å². The number of benzene rings is 2. The average molecular weight is 361 g/mol. The zero-order valence-corrected chi connectivity index (χ0v) is 16.1. The standard InChI is InChI=1S/C25H25NO/c1-24(2)11-12-25(3,4)20-15-21-18(14-19(20)24)17-10-13-26-22(23(17)27-21)16-8-6-5-7-9-16/h5-10,13-15H,11-12H2,1-4H3/i5D,6D,7D,8D,9D. The van der Waals surface area contributed by atoms with Crippen LogP contribution in [0, 0.1) is 0 Å². The van der Waals surface area contributed by atoms with Crippen LogP contribution in [-0.4, -0.2) is 4.98 Å². The molecule has 2 nitrogen and oxygen atoms in total. The fourth-order valence-electron chi connectivity index (χ4n) is 4.31. The molecule has 0 amide bonds. The van der Waals surface area contributed by atoms with Crippen molar-refractivity contribution >= 4 is 21.9 Å². The topological polar surface area (TPSA) is 26.0 Å². The Balaban J connectivity index is 1.87. The smallest absolute Gasteiger partial charge is 0.161 e. The van der Waals surface area contributed by atoms with E-state index in [1.165, 1.54) is 11.1 Å². The van der Waals surface area contributed by atoms with Gasteiger partial charge in [-0.1, -0.05) is 57.9 Å². The van der Waals surface area contributed by atoms with Gasteiger partial charge in [-0.3, -0.25) is 4.98 Å². The molecule has 0 bridgehead atoms. The lowest BCUT2D eigenvalue weighted by Crippen LogP contribution is -2.33. The van der Waals surface area contributed by atoms with Crippen molar-refractivity contribution in [3.8, 4) is 11.3 Å². The Morgan fingerprint density at radius 2 is 1.59 bits per heavy atom. The molecule has 2 aromatic heterocycles. The number of aromatic nitrogens is 1. The summed E-state index contributed by atoms with van der Waals surface area (Å²) in [5, 5.41) is 1.79. The SMILES string of the molecule is [2H]c1c([2H])c([2H])c(-c2nccc3c2oc2cc4c(cc23)C(C)(C)CCC4(C)C)c([2H])c1[2H]. The third kappa shape index (κ3) is 2.43. The molecular formula is C25H25NO. The predicted octanol–water partition coefficient (Wildman–Crippen LogP) is 7.00. The summed E-state index contributed by atoms with van der Waals surface area (Å²) in [6.45, 7) is 9.06. The second-order valence-electron chi connectivity index (χ2n) is 8.80. The number of rotatable bonds is 1. The first-order valence-electron chi connectivity index (χ1n) is 11.9. The maximum absolute atomic E-state index is 8.37. The van der Waals surface area contributed by atoms with E-state index in [4.69, 9.17) is 11.3 Å². The van der Waals surface area contributed by atoms with Crippen LogP contribution < -0.4 is 0 Å². The van der Waals surface area contributed by atoms with Gasteiger partial charge < -0.3 is 4.42 Å². The quantitative estimate of drug-likeness (QED) is 0.365. The first-order chi connectivity index (χ1) is 14.9. The zero-order chi connectivity index (χ0) is 23.2. The monoisotopic (exact) mass is 360 g/mol. The van der Waals surface area contributed by atoms with Gasteiger partial charge in [-0.2, -0.15) is 0 Å². The molecule has 0 saturated heterocycles. The molecule has 0 fully saturated rings. The second kappa shape index (κ2) is 5.45. The summed E-state index contributed by atoms with van der Waals surface area (Å²) in [7, 11) is 0. The van der Waals surface area contributed by atoms with Gasteiger partial charge in [-0.15, -0.1) is 0 Å². The fraction of sp³-hybridized carbons (Fsp3) is 0.320. The van der Waals surface area contributed by atoms with Crippen molar-refractivity contribution in [2.75, 3.05) is 0 Å². The third-order valence-corrected chi connectivity index (χ3v) is 6.10. The van der Waals surface area contributed by atoms with Crippen LogP contribution >= 0.6 is 0 Å². The van der Waals surface area contributed by atoms with Crippen molar-refractivity contribution in [1.82, 2.24) is 4.98 Å². The van der Waals surface area contributed by atoms with E-state index < -0.39 is 6.04 Å². The van der Waals surface area contributed by atoms with Crippen LogP contribution in [0.5, 0.6) is 0 Å². The summed E-state index contributed by atoms with van der Waals surface area (Å²) in [4.78, 5) is 4.40. The van der Waals surface area contributed by atoms with Gasteiger partial charge in [0.1, 0.15) is 11.3 Å². The van der Waals surface area contributed by atoms with Crippen LogP contribution in [0.2, 0.25) is 0 Å². The van der Waals surface area contributed by atoms with Crippen LogP contribution in [0.15, 0.2) is 59.0 Å². The summed E-state index contributed by atoms with van der Waals surface area (Å²) in [6, 6.07) is 4.46. The first-order valence-corrected chi connectivity index (χ1v) is 9.37. The predicted molar refractivity (Wildman–Crippen MR) is 112 cm³/mol. The highest BCUT2D eigenvalue weighted by molar-refractivity contribution is 6.09. The molecule has 0 unspecified atom stereocenters. The molecule has 27 heavy (non-hydrogen) atoms. The summed E-state index contributed by atoms with van der Waals surface area (Å²) >= 11 is 0. The number of furan rings is 1. The molecule has 4 aromatic rings.